The van der Waals surface area contributed by atoms with Crippen molar-refractivity contribution in [2.75, 3.05) is 6.54 Å². The molecule has 0 saturated heterocycles. The molecule has 5 heteroatoms. The normalized spacial score (nSPS) is 13.4. The van der Waals surface area contributed by atoms with Gasteiger partial charge in [-0.2, -0.15) is 0 Å². The Morgan fingerprint density at radius 2 is 2.31 bits per heavy atom. The first-order valence-corrected chi connectivity index (χ1v) is 5.12. The van der Waals surface area contributed by atoms with Crippen molar-refractivity contribution < 1.29 is 9.59 Å². The van der Waals surface area contributed by atoms with Crippen molar-refractivity contribution in [2.45, 2.75) is 20.0 Å². The van der Waals surface area contributed by atoms with Gasteiger partial charge in [-0.1, -0.05) is 6.07 Å². The highest BCUT2D eigenvalue weighted by atomic mass is 16.2. The molecule has 5 nitrogen and oxygen atoms in total. The summed E-state index contributed by atoms with van der Waals surface area (Å²) in [5.74, 6) is -0.267. The molecule has 1 aliphatic rings. The summed E-state index contributed by atoms with van der Waals surface area (Å²) in [6.45, 7) is 2.58. The third-order valence-electron chi connectivity index (χ3n) is 2.53. The number of fused-ring (bicyclic) bond motifs is 1. The van der Waals surface area contributed by atoms with Crippen molar-refractivity contribution in [3.05, 3.63) is 29.6 Å². The van der Waals surface area contributed by atoms with Gasteiger partial charge >= 0.3 is 0 Å². The first-order chi connectivity index (χ1) is 7.66. The van der Waals surface area contributed by atoms with Crippen LogP contribution in [-0.4, -0.2) is 28.2 Å². The zero-order chi connectivity index (χ0) is 11.5. The predicted molar refractivity (Wildman–Crippen MR) is 57.2 cm³/mol. The molecule has 0 spiro atoms. The summed E-state index contributed by atoms with van der Waals surface area (Å²) in [6.07, 6.45) is 1.72. The first-order valence-electron chi connectivity index (χ1n) is 5.12. The van der Waals surface area contributed by atoms with E-state index in [2.05, 4.69) is 10.3 Å². The predicted octanol–water partition coefficient (Wildman–Crippen LogP) is 0.0599. The van der Waals surface area contributed by atoms with Crippen LogP contribution in [0.25, 0.3) is 0 Å². The van der Waals surface area contributed by atoms with Gasteiger partial charge in [0, 0.05) is 19.7 Å². The molecular formula is C11H13N3O2. The molecule has 0 radical (unpaired) electrons. The Balaban J connectivity index is 1.96. The number of hydrogen-bond acceptors (Lipinski definition) is 3. The number of aromatic nitrogens is 1. The number of nitrogens with one attached hydrogen (secondary N) is 1. The minimum absolute atomic E-state index is 0.0589. The lowest BCUT2D eigenvalue weighted by Gasteiger charge is -2.14. The van der Waals surface area contributed by atoms with Crippen LogP contribution in [0.15, 0.2) is 18.3 Å². The average molecular weight is 219 g/mol. The Kier molecular flexibility index (Phi) is 2.85. The van der Waals surface area contributed by atoms with Crippen LogP contribution in [0.5, 0.6) is 0 Å². The number of carbonyl (C=O) groups excluding carboxylic acids is 2. The quantitative estimate of drug-likeness (QED) is 0.765. The summed E-state index contributed by atoms with van der Waals surface area (Å²) < 4.78 is 0. The molecule has 1 aliphatic heterocycles. The van der Waals surface area contributed by atoms with E-state index >= 15 is 0 Å². The summed E-state index contributed by atoms with van der Waals surface area (Å²) in [7, 11) is 0. The van der Waals surface area contributed by atoms with Crippen LogP contribution in [0, 0.1) is 0 Å². The molecule has 0 fully saturated rings. The second-order valence-corrected chi connectivity index (χ2v) is 3.77. The number of nitrogens with zero attached hydrogens (tertiary/aromatic N) is 2. The minimum atomic E-state index is -0.191. The number of carbonyl (C=O) groups is 2. The van der Waals surface area contributed by atoms with E-state index in [0.29, 0.717) is 13.1 Å². The van der Waals surface area contributed by atoms with E-state index in [1.807, 2.05) is 12.1 Å². The number of hydrogen-bond donors (Lipinski definition) is 1. The van der Waals surface area contributed by atoms with Crippen LogP contribution in [-0.2, 0) is 22.7 Å². The zero-order valence-electron chi connectivity index (χ0n) is 9.06. The third-order valence-corrected chi connectivity index (χ3v) is 2.53. The van der Waals surface area contributed by atoms with Crippen LogP contribution in [0.3, 0.4) is 0 Å². The van der Waals surface area contributed by atoms with Gasteiger partial charge in [0.1, 0.15) is 0 Å². The maximum atomic E-state index is 11.7. The molecule has 0 aromatic carbocycles. The van der Waals surface area contributed by atoms with Gasteiger partial charge in [0.25, 0.3) is 0 Å². The Morgan fingerprint density at radius 1 is 1.50 bits per heavy atom. The highest BCUT2D eigenvalue weighted by Gasteiger charge is 2.23. The van der Waals surface area contributed by atoms with Crippen molar-refractivity contribution in [1.82, 2.24) is 15.2 Å². The maximum absolute atomic E-state index is 11.7. The van der Waals surface area contributed by atoms with Gasteiger partial charge in [0.05, 0.1) is 18.8 Å². The fourth-order valence-corrected chi connectivity index (χ4v) is 1.69. The zero-order valence-corrected chi connectivity index (χ0v) is 9.06. The molecule has 2 rings (SSSR count). The van der Waals surface area contributed by atoms with Crippen LogP contribution in [0.2, 0.25) is 0 Å². The van der Waals surface area contributed by atoms with E-state index in [9.17, 15) is 9.59 Å². The molecule has 0 saturated carbocycles. The van der Waals surface area contributed by atoms with Crippen molar-refractivity contribution >= 4 is 11.8 Å². The van der Waals surface area contributed by atoms with Crippen molar-refractivity contribution in [1.29, 1.82) is 0 Å². The Morgan fingerprint density at radius 3 is 3.00 bits per heavy atom. The summed E-state index contributed by atoms with van der Waals surface area (Å²) in [5, 5.41) is 2.50. The first kappa shape index (κ1) is 10.6. The lowest BCUT2D eigenvalue weighted by Crippen LogP contribution is -2.36. The van der Waals surface area contributed by atoms with Crippen LogP contribution < -0.4 is 5.32 Å². The van der Waals surface area contributed by atoms with Crippen LogP contribution in [0.4, 0.5) is 0 Å². The lowest BCUT2D eigenvalue weighted by atomic mass is 10.2. The van der Waals surface area contributed by atoms with Crippen LogP contribution >= 0.6 is 0 Å². The lowest BCUT2D eigenvalue weighted by molar-refractivity contribution is -0.133. The average Bonchev–Trinajstić information content (AvgIpc) is 2.69. The van der Waals surface area contributed by atoms with E-state index in [1.54, 1.807) is 11.1 Å². The molecule has 0 aliphatic carbocycles. The molecule has 1 aromatic heterocycles. The topological polar surface area (TPSA) is 62.3 Å². The summed E-state index contributed by atoms with van der Waals surface area (Å²) in [5.41, 5.74) is 2.03. The van der Waals surface area contributed by atoms with Gasteiger partial charge in [-0.25, -0.2) is 0 Å². The molecule has 0 atom stereocenters. The van der Waals surface area contributed by atoms with E-state index in [0.717, 1.165) is 11.3 Å². The number of rotatable bonds is 2. The highest BCUT2D eigenvalue weighted by Crippen LogP contribution is 2.19. The van der Waals surface area contributed by atoms with Crippen molar-refractivity contribution in [3.8, 4) is 0 Å². The SMILES string of the molecule is CC(=O)NCC(=O)N1Cc2cccnc2C1. The van der Waals surface area contributed by atoms with E-state index < -0.39 is 0 Å². The standard InChI is InChI=1S/C11H13N3O2/c1-8(15)13-5-11(16)14-6-9-3-2-4-12-10(9)7-14/h2-4H,5-7H2,1H3,(H,13,15). The summed E-state index contributed by atoms with van der Waals surface area (Å²) in [6, 6.07) is 3.83. The number of pyridine rings is 1. The monoisotopic (exact) mass is 219 g/mol. The molecule has 1 N–H and O–H groups in total. The van der Waals surface area contributed by atoms with Gasteiger partial charge in [-0.3, -0.25) is 14.6 Å². The van der Waals surface area contributed by atoms with Gasteiger partial charge < -0.3 is 10.2 Å². The van der Waals surface area contributed by atoms with Gasteiger partial charge in [-0.15, -0.1) is 0 Å². The van der Waals surface area contributed by atoms with Gasteiger partial charge in [-0.05, 0) is 11.6 Å². The van der Waals surface area contributed by atoms with Crippen molar-refractivity contribution in [2.24, 2.45) is 0 Å². The van der Waals surface area contributed by atoms with Crippen molar-refractivity contribution in [3.63, 3.8) is 0 Å². The third kappa shape index (κ3) is 2.18. The molecule has 84 valence electrons. The highest BCUT2D eigenvalue weighted by molar-refractivity contribution is 5.84. The molecule has 0 unspecified atom stereocenters. The Bertz CT molecular complexity index is 406. The molecule has 2 heterocycles. The molecule has 16 heavy (non-hydrogen) atoms. The van der Waals surface area contributed by atoms with Crippen LogP contribution in [0.1, 0.15) is 18.2 Å². The Hall–Kier alpha value is -1.91. The number of amides is 2. The van der Waals surface area contributed by atoms with Gasteiger partial charge in [0.15, 0.2) is 0 Å². The maximum Gasteiger partial charge on any atom is 0.242 e. The summed E-state index contributed by atoms with van der Waals surface area (Å²) >= 11 is 0. The smallest absolute Gasteiger partial charge is 0.242 e. The molecule has 2 amide bonds. The Labute approximate surface area is 93.5 Å². The minimum Gasteiger partial charge on any atom is -0.347 e. The second kappa shape index (κ2) is 4.30. The largest absolute Gasteiger partial charge is 0.347 e. The molecule has 0 bridgehead atoms. The van der Waals surface area contributed by atoms with E-state index in [-0.39, 0.29) is 18.4 Å². The fraction of sp³-hybridized carbons (Fsp3) is 0.364. The van der Waals surface area contributed by atoms with E-state index in [4.69, 9.17) is 0 Å². The fourth-order valence-electron chi connectivity index (χ4n) is 1.69. The summed E-state index contributed by atoms with van der Waals surface area (Å²) in [4.78, 5) is 28.3. The second-order valence-electron chi connectivity index (χ2n) is 3.77. The molecule has 1 aromatic rings. The van der Waals surface area contributed by atoms with E-state index in [1.165, 1.54) is 6.92 Å². The molecular weight excluding hydrogens is 206 g/mol. The van der Waals surface area contributed by atoms with Gasteiger partial charge in [0.2, 0.25) is 11.8 Å².